The van der Waals surface area contributed by atoms with Gasteiger partial charge in [0.2, 0.25) is 5.89 Å². The zero-order chi connectivity index (χ0) is 18.5. The molecule has 1 aromatic heterocycles. The maximum Gasteiger partial charge on any atom is 0.318 e. The first kappa shape index (κ1) is 18.4. The van der Waals surface area contributed by atoms with Gasteiger partial charge in [-0.1, -0.05) is 29.4 Å². The third-order valence-electron chi connectivity index (χ3n) is 3.84. The van der Waals surface area contributed by atoms with Gasteiger partial charge in [-0.3, -0.25) is 0 Å². The lowest BCUT2D eigenvalue weighted by Gasteiger charge is -2.14. The van der Waals surface area contributed by atoms with Gasteiger partial charge in [0.25, 0.3) is 0 Å². The van der Waals surface area contributed by atoms with Crippen molar-refractivity contribution in [1.29, 1.82) is 0 Å². The first-order chi connectivity index (χ1) is 12.6. The van der Waals surface area contributed by atoms with E-state index in [0.717, 1.165) is 26.9 Å². The van der Waals surface area contributed by atoms with Crippen LogP contribution >= 0.6 is 15.9 Å². The van der Waals surface area contributed by atoms with Crippen LogP contribution in [0.5, 0.6) is 5.75 Å². The lowest BCUT2D eigenvalue weighted by Crippen LogP contribution is -2.16. The summed E-state index contributed by atoms with van der Waals surface area (Å²) >= 11 is 3.46. The molecular formula is C19H20BrN3O3. The fourth-order valence-corrected chi connectivity index (χ4v) is 2.84. The molecule has 1 N–H and O–H groups in total. The highest BCUT2D eigenvalue weighted by atomic mass is 79.9. The number of rotatable bonds is 7. The van der Waals surface area contributed by atoms with Crippen molar-refractivity contribution in [2.75, 3.05) is 18.6 Å². The first-order valence-electron chi connectivity index (χ1n) is 8.26. The van der Waals surface area contributed by atoms with Gasteiger partial charge in [0.05, 0.1) is 17.7 Å². The van der Waals surface area contributed by atoms with Gasteiger partial charge < -0.3 is 19.2 Å². The molecule has 0 aliphatic rings. The Kier molecular flexibility index (Phi) is 5.90. The van der Waals surface area contributed by atoms with Crippen LogP contribution in [0.25, 0.3) is 11.5 Å². The summed E-state index contributed by atoms with van der Waals surface area (Å²) in [5.74, 6) is 1.18. The molecule has 6 nitrogen and oxygen atoms in total. The molecule has 26 heavy (non-hydrogen) atoms. The summed E-state index contributed by atoms with van der Waals surface area (Å²) < 4.78 is 12.3. The largest absolute Gasteiger partial charge is 0.493 e. The SMILES string of the molecule is CCOc1cc(-c2nnc(N(C)Cc3ccc(CO)cc3)o2)ccc1Br. The fourth-order valence-electron chi connectivity index (χ4n) is 2.48. The Labute approximate surface area is 160 Å². The van der Waals surface area contributed by atoms with E-state index < -0.39 is 0 Å². The van der Waals surface area contributed by atoms with Crippen molar-refractivity contribution in [3.8, 4) is 17.2 Å². The molecule has 0 spiro atoms. The van der Waals surface area contributed by atoms with Gasteiger partial charge in [-0.15, -0.1) is 5.10 Å². The van der Waals surface area contributed by atoms with Gasteiger partial charge in [-0.2, -0.15) is 0 Å². The molecule has 3 rings (SSSR count). The van der Waals surface area contributed by atoms with Crippen LogP contribution < -0.4 is 9.64 Å². The number of aliphatic hydroxyl groups is 1. The van der Waals surface area contributed by atoms with Crippen LogP contribution in [-0.4, -0.2) is 29.0 Å². The third-order valence-corrected chi connectivity index (χ3v) is 4.50. The molecule has 0 bridgehead atoms. The van der Waals surface area contributed by atoms with Gasteiger partial charge >= 0.3 is 6.01 Å². The summed E-state index contributed by atoms with van der Waals surface area (Å²) in [6, 6.07) is 13.9. The smallest absolute Gasteiger partial charge is 0.318 e. The van der Waals surface area contributed by atoms with Crippen LogP contribution in [0.2, 0.25) is 0 Å². The molecule has 3 aromatic rings. The Morgan fingerprint density at radius 3 is 2.54 bits per heavy atom. The second-order valence-corrected chi connectivity index (χ2v) is 6.65. The standard InChI is InChI=1S/C19H20BrN3O3/c1-3-25-17-10-15(8-9-16(17)20)18-21-22-19(26-18)23(2)11-13-4-6-14(12-24)7-5-13/h4-10,24H,3,11-12H2,1-2H3. The summed E-state index contributed by atoms with van der Waals surface area (Å²) in [5, 5.41) is 17.4. The summed E-state index contributed by atoms with van der Waals surface area (Å²) in [4.78, 5) is 1.88. The molecule has 2 aromatic carbocycles. The minimum Gasteiger partial charge on any atom is -0.493 e. The second kappa shape index (κ2) is 8.33. The average Bonchev–Trinajstić information content (AvgIpc) is 3.15. The number of benzene rings is 2. The maximum atomic E-state index is 9.11. The van der Waals surface area contributed by atoms with Crippen LogP contribution in [0, 0.1) is 0 Å². The molecule has 136 valence electrons. The average molecular weight is 418 g/mol. The summed E-state index contributed by atoms with van der Waals surface area (Å²) in [7, 11) is 1.89. The minimum absolute atomic E-state index is 0.0417. The number of aromatic nitrogens is 2. The Bertz CT molecular complexity index is 865. The van der Waals surface area contributed by atoms with Crippen molar-refractivity contribution < 1.29 is 14.3 Å². The second-order valence-electron chi connectivity index (χ2n) is 5.80. The number of nitrogens with zero attached hydrogens (tertiary/aromatic N) is 3. The van der Waals surface area contributed by atoms with Gasteiger partial charge in [-0.25, -0.2) is 0 Å². The van der Waals surface area contributed by atoms with Crippen molar-refractivity contribution in [1.82, 2.24) is 10.2 Å². The van der Waals surface area contributed by atoms with Crippen LogP contribution in [-0.2, 0) is 13.2 Å². The highest BCUT2D eigenvalue weighted by Gasteiger charge is 2.14. The van der Waals surface area contributed by atoms with Crippen LogP contribution in [0.4, 0.5) is 6.01 Å². The lowest BCUT2D eigenvalue weighted by atomic mass is 10.1. The number of ether oxygens (including phenoxy) is 1. The fraction of sp³-hybridized carbons (Fsp3) is 0.263. The lowest BCUT2D eigenvalue weighted by molar-refractivity contribution is 0.282. The number of anilines is 1. The molecule has 0 radical (unpaired) electrons. The molecule has 0 atom stereocenters. The van der Waals surface area contributed by atoms with E-state index in [0.29, 0.717) is 25.1 Å². The highest BCUT2D eigenvalue weighted by Crippen LogP contribution is 2.31. The van der Waals surface area contributed by atoms with Crippen molar-refractivity contribution in [3.63, 3.8) is 0 Å². The number of aliphatic hydroxyl groups excluding tert-OH is 1. The molecule has 1 heterocycles. The number of halogens is 1. The van der Waals surface area contributed by atoms with Gasteiger partial charge in [0.15, 0.2) is 0 Å². The van der Waals surface area contributed by atoms with Gasteiger partial charge in [0.1, 0.15) is 5.75 Å². The van der Waals surface area contributed by atoms with E-state index in [1.54, 1.807) is 0 Å². The Hall–Kier alpha value is -2.38. The summed E-state index contributed by atoms with van der Waals surface area (Å²) in [6.07, 6.45) is 0. The molecule has 0 saturated carbocycles. The Morgan fingerprint density at radius 2 is 1.85 bits per heavy atom. The zero-order valence-electron chi connectivity index (χ0n) is 14.6. The Balaban J connectivity index is 1.75. The van der Waals surface area contributed by atoms with Crippen LogP contribution in [0.15, 0.2) is 51.4 Å². The predicted molar refractivity (Wildman–Crippen MR) is 103 cm³/mol. The van der Waals surface area contributed by atoms with E-state index in [2.05, 4.69) is 26.1 Å². The third kappa shape index (κ3) is 4.23. The van der Waals surface area contributed by atoms with Crippen LogP contribution in [0.1, 0.15) is 18.1 Å². The molecule has 7 heteroatoms. The van der Waals surface area contributed by atoms with E-state index >= 15 is 0 Å². The van der Waals surface area contributed by atoms with Gasteiger partial charge in [-0.05, 0) is 52.2 Å². The van der Waals surface area contributed by atoms with Crippen molar-refractivity contribution in [2.24, 2.45) is 0 Å². The molecule has 0 aliphatic heterocycles. The predicted octanol–water partition coefficient (Wildman–Crippen LogP) is 4.03. The van der Waals surface area contributed by atoms with Crippen LogP contribution in [0.3, 0.4) is 0 Å². The van der Waals surface area contributed by atoms with Crippen molar-refractivity contribution >= 4 is 21.9 Å². The number of hydrogen-bond donors (Lipinski definition) is 1. The van der Waals surface area contributed by atoms with E-state index in [4.69, 9.17) is 14.3 Å². The first-order valence-corrected chi connectivity index (χ1v) is 9.06. The molecule has 0 amide bonds. The minimum atomic E-state index is 0.0417. The van der Waals surface area contributed by atoms with E-state index in [1.165, 1.54) is 0 Å². The van der Waals surface area contributed by atoms with E-state index in [9.17, 15) is 0 Å². The van der Waals surface area contributed by atoms with E-state index in [-0.39, 0.29) is 6.61 Å². The highest BCUT2D eigenvalue weighted by molar-refractivity contribution is 9.10. The van der Waals surface area contributed by atoms with E-state index in [1.807, 2.05) is 61.3 Å². The maximum absolute atomic E-state index is 9.11. The topological polar surface area (TPSA) is 71.6 Å². The summed E-state index contributed by atoms with van der Waals surface area (Å²) in [5.41, 5.74) is 2.78. The molecule has 0 fully saturated rings. The normalized spacial score (nSPS) is 10.8. The van der Waals surface area contributed by atoms with Crippen molar-refractivity contribution in [2.45, 2.75) is 20.1 Å². The molecule has 0 saturated heterocycles. The monoisotopic (exact) mass is 417 g/mol. The Morgan fingerprint density at radius 1 is 1.12 bits per heavy atom. The van der Waals surface area contributed by atoms with Crippen molar-refractivity contribution in [3.05, 3.63) is 58.1 Å². The van der Waals surface area contributed by atoms with Gasteiger partial charge in [0, 0.05) is 19.2 Å². The summed E-state index contributed by atoms with van der Waals surface area (Å²) in [6.45, 7) is 3.18. The quantitative estimate of drug-likeness (QED) is 0.625. The zero-order valence-corrected chi connectivity index (χ0v) is 16.2. The molecule has 0 aliphatic carbocycles. The number of hydrogen-bond acceptors (Lipinski definition) is 6. The molecule has 0 unspecified atom stereocenters. The molecular weight excluding hydrogens is 398 g/mol.